The van der Waals surface area contributed by atoms with E-state index in [4.69, 9.17) is 24.7 Å². The van der Waals surface area contributed by atoms with Crippen molar-refractivity contribution in [3.05, 3.63) is 58.7 Å². The summed E-state index contributed by atoms with van der Waals surface area (Å²) in [6, 6.07) is 11.5. The summed E-state index contributed by atoms with van der Waals surface area (Å²) in [6.45, 7) is 0.291. The summed E-state index contributed by atoms with van der Waals surface area (Å²) in [5, 5.41) is 11.5. The number of carbonyl (C=O) groups is 2. The van der Waals surface area contributed by atoms with Crippen LogP contribution in [0, 0.1) is 5.92 Å². The Kier molecular flexibility index (Phi) is 6.95. The summed E-state index contributed by atoms with van der Waals surface area (Å²) in [4.78, 5) is 30.5. The minimum Gasteiger partial charge on any atom is -0.497 e. The molecule has 3 N–H and O–H groups in total. The molecule has 1 aliphatic carbocycles. The minimum atomic E-state index is -2.34. The fourth-order valence-electron chi connectivity index (χ4n) is 3.55. The number of aromatic nitrogens is 1. The number of hydrogen-bond donors (Lipinski definition) is 2. The van der Waals surface area contributed by atoms with Gasteiger partial charge in [0.2, 0.25) is 5.60 Å². The molecule has 4 rings (SSSR count). The molecule has 1 aromatic heterocycles. The summed E-state index contributed by atoms with van der Waals surface area (Å²) in [5.41, 5.74) is 4.07. The molecule has 1 saturated carbocycles. The van der Waals surface area contributed by atoms with Gasteiger partial charge in [0.25, 0.3) is 5.91 Å². The molecule has 35 heavy (non-hydrogen) atoms. The smallest absolute Gasteiger partial charge is 0.358 e. The molecule has 1 heterocycles. The van der Waals surface area contributed by atoms with Crippen molar-refractivity contribution < 1.29 is 33.6 Å². The Morgan fingerprint density at radius 1 is 1.09 bits per heavy atom. The Bertz CT molecular complexity index is 1250. The summed E-state index contributed by atoms with van der Waals surface area (Å²) >= 11 is 0.973. The number of rotatable bonds is 10. The first-order valence-electron chi connectivity index (χ1n) is 10.9. The first-order chi connectivity index (χ1) is 16.8. The van der Waals surface area contributed by atoms with Gasteiger partial charge >= 0.3 is 5.97 Å². The number of hydrogen-bond acceptors (Lipinski definition) is 9. The van der Waals surface area contributed by atoms with Gasteiger partial charge in [0, 0.05) is 5.56 Å². The lowest BCUT2D eigenvalue weighted by molar-refractivity contribution is -0.133. The molecule has 3 aromatic rings. The first kappa shape index (κ1) is 24.5. The van der Waals surface area contributed by atoms with Crippen LogP contribution in [-0.4, -0.2) is 49.9 Å². The highest BCUT2D eigenvalue weighted by atomic mass is 32.1. The molecule has 0 aliphatic heterocycles. The van der Waals surface area contributed by atoms with Crippen LogP contribution in [0.4, 0.5) is 0 Å². The number of esters is 1. The van der Waals surface area contributed by atoms with E-state index in [9.17, 15) is 14.7 Å². The van der Waals surface area contributed by atoms with E-state index < -0.39 is 17.5 Å². The van der Waals surface area contributed by atoms with Gasteiger partial charge in [-0.2, -0.15) is 0 Å². The molecule has 0 spiro atoms. The molecule has 1 unspecified atom stereocenters. The number of aliphatic hydroxyl groups is 1. The topological polar surface area (TPSA) is 130 Å². The van der Waals surface area contributed by atoms with E-state index in [-0.39, 0.29) is 16.3 Å². The van der Waals surface area contributed by atoms with Crippen molar-refractivity contribution in [2.24, 2.45) is 11.7 Å². The van der Waals surface area contributed by atoms with E-state index in [2.05, 4.69) is 4.98 Å². The maximum absolute atomic E-state index is 13.0. The normalized spacial score (nSPS) is 14.6. The van der Waals surface area contributed by atoms with E-state index in [1.807, 2.05) is 0 Å². The molecule has 0 bridgehead atoms. The molecule has 1 aliphatic rings. The van der Waals surface area contributed by atoms with Crippen LogP contribution in [0.5, 0.6) is 17.2 Å². The van der Waals surface area contributed by atoms with Crippen LogP contribution in [0.3, 0.4) is 0 Å². The highest BCUT2D eigenvalue weighted by Gasteiger charge is 2.43. The number of primary amides is 1. The second kappa shape index (κ2) is 9.93. The van der Waals surface area contributed by atoms with Gasteiger partial charge in [-0.15, -0.1) is 11.3 Å². The number of amides is 1. The maximum Gasteiger partial charge on any atom is 0.358 e. The van der Waals surface area contributed by atoms with Crippen LogP contribution >= 0.6 is 11.3 Å². The number of methoxy groups -OCH3 is 3. The Labute approximate surface area is 206 Å². The molecule has 1 fully saturated rings. The van der Waals surface area contributed by atoms with Gasteiger partial charge in [-0.25, -0.2) is 9.78 Å². The average molecular weight is 499 g/mol. The molecule has 0 saturated heterocycles. The van der Waals surface area contributed by atoms with E-state index in [1.165, 1.54) is 33.5 Å². The quantitative estimate of drug-likeness (QED) is 0.408. The second-order valence-electron chi connectivity index (χ2n) is 8.11. The monoisotopic (exact) mass is 498 g/mol. The third kappa shape index (κ3) is 4.80. The van der Waals surface area contributed by atoms with Crippen molar-refractivity contribution in [1.29, 1.82) is 0 Å². The Balaban J connectivity index is 1.85. The van der Waals surface area contributed by atoms with Crippen molar-refractivity contribution in [2.45, 2.75) is 18.4 Å². The van der Waals surface area contributed by atoms with Crippen LogP contribution in [0.15, 0.2) is 42.5 Å². The number of benzene rings is 2. The Morgan fingerprint density at radius 2 is 1.83 bits per heavy atom. The summed E-state index contributed by atoms with van der Waals surface area (Å²) < 4.78 is 21.3. The Morgan fingerprint density at radius 3 is 2.46 bits per heavy atom. The summed E-state index contributed by atoms with van der Waals surface area (Å²) in [5.74, 6) is -0.0849. The van der Waals surface area contributed by atoms with E-state index in [1.54, 1.807) is 30.3 Å². The molecular formula is C25H26N2O7S. The van der Waals surface area contributed by atoms with Crippen molar-refractivity contribution in [3.63, 3.8) is 0 Å². The SMILES string of the molecule is COc1cccc(-c2sc(C(O)(C(N)=O)c3ccc(OC)c(OC)c3)nc2C(=O)OCC2CC2)c1. The van der Waals surface area contributed by atoms with Gasteiger partial charge in [0.15, 0.2) is 17.2 Å². The third-order valence-electron chi connectivity index (χ3n) is 5.77. The van der Waals surface area contributed by atoms with Gasteiger partial charge in [-0.1, -0.05) is 18.2 Å². The van der Waals surface area contributed by atoms with Crippen molar-refractivity contribution in [2.75, 3.05) is 27.9 Å². The van der Waals surface area contributed by atoms with Crippen LogP contribution < -0.4 is 19.9 Å². The van der Waals surface area contributed by atoms with Gasteiger partial charge in [-0.3, -0.25) is 4.79 Å². The molecule has 1 amide bonds. The fourth-order valence-corrected chi connectivity index (χ4v) is 4.72. The number of thiazole rings is 1. The largest absolute Gasteiger partial charge is 0.497 e. The molecule has 9 nitrogen and oxygen atoms in total. The second-order valence-corrected chi connectivity index (χ2v) is 9.11. The molecule has 2 aromatic carbocycles. The predicted octanol–water partition coefficient (Wildman–Crippen LogP) is 3.12. The summed E-state index contributed by atoms with van der Waals surface area (Å²) in [6.07, 6.45) is 2.03. The lowest BCUT2D eigenvalue weighted by atomic mass is 9.93. The van der Waals surface area contributed by atoms with E-state index in [0.29, 0.717) is 40.2 Å². The zero-order chi connectivity index (χ0) is 25.2. The standard InChI is InChI=1S/C25H26N2O7S/c1-31-17-6-4-5-15(11-17)21-20(22(28)34-13-14-7-8-14)27-24(35-21)25(30,23(26)29)16-9-10-18(32-2)19(12-16)33-3/h4-6,9-12,14,30H,7-8,13H2,1-3H3,(H2,26,29). The molecule has 184 valence electrons. The van der Waals surface area contributed by atoms with Gasteiger partial charge in [-0.05, 0) is 48.6 Å². The van der Waals surface area contributed by atoms with Crippen molar-refractivity contribution in [3.8, 4) is 27.7 Å². The van der Waals surface area contributed by atoms with E-state index >= 15 is 0 Å². The average Bonchev–Trinajstić information content (AvgIpc) is 3.61. The minimum absolute atomic E-state index is 0.0148. The molecule has 0 radical (unpaired) electrons. The van der Waals surface area contributed by atoms with Crippen LogP contribution in [0.2, 0.25) is 0 Å². The molecular weight excluding hydrogens is 472 g/mol. The van der Waals surface area contributed by atoms with Gasteiger partial charge < -0.3 is 29.8 Å². The van der Waals surface area contributed by atoms with Crippen LogP contribution in [0.25, 0.3) is 10.4 Å². The number of nitrogens with two attached hydrogens (primary N) is 1. The van der Waals surface area contributed by atoms with Crippen molar-refractivity contribution >= 4 is 23.2 Å². The lowest BCUT2D eigenvalue weighted by Crippen LogP contribution is -2.42. The zero-order valence-corrected chi connectivity index (χ0v) is 20.4. The maximum atomic E-state index is 13.0. The van der Waals surface area contributed by atoms with E-state index in [0.717, 1.165) is 24.2 Å². The fraction of sp³-hybridized carbons (Fsp3) is 0.320. The van der Waals surface area contributed by atoms with Crippen LogP contribution in [0.1, 0.15) is 33.9 Å². The predicted molar refractivity (Wildman–Crippen MR) is 129 cm³/mol. The highest BCUT2D eigenvalue weighted by Crippen LogP contribution is 2.42. The van der Waals surface area contributed by atoms with Gasteiger partial charge in [0.05, 0.1) is 32.8 Å². The van der Waals surface area contributed by atoms with Crippen LogP contribution in [-0.2, 0) is 15.1 Å². The van der Waals surface area contributed by atoms with Crippen molar-refractivity contribution in [1.82, 2.24) is 4.98 Å². The Hall–Kier alpha value is -3.63. The molecule has 1 atom stereocenters. The number of carbonyl (C=O) groups excluding carboxylic acids is 2. The van der Waals surface area contributed by atoms with Gasteiger partial charge in [0.1, 0.15) is 10.8 Å². The lowest BCUT2D eigenvalue weighted by Gasteiger charge is -2.23. The third-order valence-corrected chi connectivity index (χ3v) is 6.98. The number of nitrogens with zero attached hydrogens (tertiary/aromatic N) is 1. The summed E-state index contributed by atoms with van der Waals surface area (Å²) in [7, 11) is 4.44. The first-order valence-corrected chi connectivity index (χ1v) is 11.7. The number of ether oxygens (including phenoxy) is 4. The zero-order valence-electron chi connectivity index (χ0n) is 19.6. The molecule has 10 heteroatoms. The highest BCUT2D eigenvalue weighted by molar-refractivity contribution is 7.15.